The van der Waals surface area contributed by atoms with Crippen molar-refractivity contribution in [1.29, 1.82) is 0 Å². The van der Waals surface area contributed by atoms with Crippen LogP contribution in [0.1, 0.15) is 19.3 Å². The molecular weight excluding hydrogens is 252 g/mol. The van der Waals surface area contributed by atoms with Gasteiger partial charge in [-0.25, -0.2) is 9.52 Å². The molecule has 98 valence electrons. The van der Waals surface area contributed by atoms with Gasteiger partial charge in [-0.15, -0.1) is 0 Å². The molecule has 1 rings (SSSR count). The van der Waals surface area contributed by atoms with Gasteiger partial charge in [0.15, 0.2) is 0 Å². The highest BCUT2D eigenvalue weighted by atomic mass is 32.2. The van der Waals surface area contributed by atoms with Crippen LogP contribution in [0.15, 0.2) is 0 Å². The Bertz CT molecular complexity index is 406. The van der Waals surface area contributed by atoms with Gasteiger partial charge in [0.25, 0.3) is 0 Å². The van der Waals surface area contributed by atoms with Gasteiger partial charge < -0.3 is 9.84 Å². The summed E-state index contributed by atoms with van der Waals surface area (Å²) >= 11 is 0. The van der Waals surface area contributed by atoms with Crippen LogP contribution in [-0.4, -0.2) is 38.7 Å². The van der Waals surface area contributed by atoms with E-state index in [9.17, 15) is 18.0 Å². The van der Waals surface area contributed by atoms with Crippen molar-refractivity contribution in [1.82, 2.24) is 9.44 Å². The van der Waals surface area contributed by atoms with Crippen LogP contribution < -0.4 is 9.44 Å². The maximum absolute atomic E-state index is 11.4. The molecule has 3 N–H and O–H groups in total. The largest absolute Gasteiger partial charge is 0.481 e. The van der Waals surface area contributed by atoms with Crippen molar-refractivity contribution >= 4 is 22.3 Å². The molecule has 0 aromatic carbocycles. The van der Waals surface area contributed by atoms with E-state index >= 15 is 0 Å². The number of carbonyl (C=O) groups is 2. The van der Waals surface area contributed by atoms with Gasteiger partial charge in [-0.3, -0.25) is 4.79 Å². The van der Waals surface area contributed by atoms with Crippen LogP contribution in [0.5, 0.6) is 0 Å². The van der Waals surface area contributed by atoms with Crippen LogP contribution in [0.25, 0.3) is 0 Å². The number of carboxylic acid groups (broad SMARTS) is 1. The van der Waals surface area contributed by atoms with Gasteiger partial charge in [0, 0.05) is 6.04 Å². The van der Waals surface area contributed by atoms with E-state index in [0.29, 0.717) is 12.8 Å². The highest BCUT2D eigenvalue weighted by Crippen LogP contribution is 2.25. The number of carboxylic acids is 1. The first-order valence-corrected chi connectivity index (χ1v) is 6.43. The van der Waals surface area contributed by atoms with Crippen molar-refractivity contribution in [3.8, 4) is 0 Å². The molecule has 0 aliphatic heterocycles. The average Bonchev–Trinajstić information content (AvgIpc) is 2.64. The molecule has 17 heavy (non-hydrogen) atoms. The first kappa shape index (κ1) is 13.7. The summed E-state index contributed by atoms with van der Waals surface area (Å²) in [6, 6.07) is -0.474. The van der Waals surface area contributed by atoms with Crippen LogP contribution in [0, 0.1) is 5.92 Å². The SMILES string of the molecule is COC(=O)NS(=O)(=O)NC1CCC(C(=O)O)C1. The topological polar surface area (TPSA) is 122 Å². The summed E-state index contributed by atoms with van der Waals surface area (Å²) in [5.41, 5.74) is 0. The summed E-state index contributed by atoms with van der Waals surface area (Å²) in [6.45, 7) is 0. The van der Waals surface area contributed by atoms with Crippen molar-refractivity contribution in [3.63, 3.8) is 0 Å². The first-order valence-electron chi connectivity index (χ1n) is 4.95. The Labute approximate surface area is 98.5 Å². The average molecular weight is 266 g/mol. The van der Waals surface area contributed by atoms with Crippen molar-refractivity contribution in [2.75, 3.05) is 7.11 Å². The molecule has 1 fully saturated rings. The van der Waals surface area contributed by atoms with Crippen LogP contribution >= 0.6 is 0 Å². The minimum Gasteiger partial charge on any atom is -0.481 e. The molecule has 1 aliphatic rings. The van der Waals surface area contributed by atoms with Crippen LogP contribution in [-0.2, 0) is 19.7 Å². The lowest BCUT2D eigenvalue weighted by atomic mass is 10.1. The number of methoxy groups -OCH3 is 1. The smallest absolute Gasteiger partial charge is 0.421 e. The van der Waals surface area contributed by atoms with E-state index in [-0.39, 0.29) is 6.42 Å². The number of rotatable bonds is 4. The van der Waals surface area contributed by atoms with Crippen LogP contribution in [0.4, 0.5) is 4.79 Å². The number of ether oxygens (including phenoxy) is 1. The van der Waals surface area contributed by atoms with E-state index in [2.05, 4.69) is 9.46 Å². The molecule has 2 atom stereocenters. The van der Waals surface area contributed by atoms with E-state index in [0.717, 1.165) is 7.11 Å². The third-order valence-electron chi connectivity index (χ3n) is 2.51. The van der Waals surface area contributed by atoms with E-state index in [1.54, 1.807) is 4.72 Å². The van der Waals surface area contributed by atoms with Crippen molar-refractivity contribution in [2.45, 2.75) is 25.3 Å². The Morgan fingerprint density at radius 3 is 2.47 bits per heavy atom. The zero-order valence-electron chi connectivity index (χ0n) is 9.17. The second-order valence-corrected chi connectivity index (χ2v) is 5.21. The Morgan fingerprint density at radius 2 is 2.00 bits per heavy atom. The van der Waals surface area contributed by atoms with Gasteiger partial charge in [0.1, 0.15) is 0 Å². The molecule has 9 heteroatoms. The fraction of sp³-hybridized carbons (Fsp3) is 0.750. The predicted octanol–water partition coefficient (Wildman–Crippen LogP) is -0.570. The zero-order valence-corrected chi connectivity index (χ0v) is 9.99. The van der Waals surface area contributed by atoms with Gasteiger partial charge >= 0.3 is 22.3 Å². The molecule has 0 aromatic heterocycles. The lowest BCUT2D eigenvalue weighted by Crippen LogP contribution is -2.44. The van der Waals surface area contributed by atoms with Gasteiger partial charge in [-0.05, 0) is 19.3 Å². The Morgan fingerprint density at radius 1 is 1.35 bits per heavy atom. The fourth-order valence-electron chi connectivity index (χ4n) is 1.71. The molecule has 1 amide bonds. The number of aliphatic carboxylic acids is 1. The quantitative estimate of drug-likeness (QED) is 0.626. The van der Waals surface area contributed by atoms with Gasteiger partial charge in [-0.1, -0.05) is 0 Å². The molecule has 1 saturated carbocycles. The highest BCUT2D eigenvalue weighted by molar-refractivity contribution is 7.88. The Kier molecular flexibility index (Phi) is 4.29. The summed E-state index contributed by atoms with van der Waals surface area (Å²) in [5.74, 6) is -1.48. The molecule has 0 bridgehead atoms. The summed E-state index contributed by atoms with van der Waals surface area (Å²) in [4.78, 5) is 21.4. The molecule has 0 saturated heterocycles. The molecule has 0 aromatic rings. The van der Waals surface area contributed by atoms with Crippen molar-refractivity contribution in [2.24, 2.45) is 5.92 Å². The third kappa shape index (κ3) is 4.19. The number of nitrogens with one attached hydrogen (secondary N) is 2. The number of hydrogen-bond acceptors (Lipinski definition) is 5. The standard InChI is InChI=1S/C8H14N2O6S/c1-16-8(13)10-17(14,15)9-6-3-2-5(4-6)7(11)12/h5-6,9H,2-4H2,1H3,(H,10,13)(H,11,12). The van der Waals surface area contributed by atoms with E-state index < -0.39 is 34.2 Å². The molecule has 0 heterocycles. The number of carbonyl (C=O) groups excluding carboxylic acids is 1. The lowest BCUT2D eigenvalue weighted by molar-refractivity contribution is -0.141. The number of amides is 1. The molecular formula is C8H14N2O6S. The number of hydrogen-bond donors (Lipinski definition) is 3. The summed E-state index contributed by atoms with van der Waals surface area (Å²) < 4.78 is 30.7. The molecule has 0 radical (unpaired) electrons. The lowest BCUT2D eigenvalue weighted by Gasteiger charge is -2.12. The van der Waals surface area contributed by atoms with Gasteiger partial charge in [0.05, 0.1) is 13.0 Å². The molecule has 8 nitrogen and oxygen atoms in total. The third-order valence-corrected chi connectivity index (χ3v) is 3.59. The van der Waals surface area contributed by atoms with Crippen molar-refractivity contribution < 1.29 is 27.9 Å². The van der Waals surface area contributed by atoms with E-state index in [1.165, 1.54) is 0 Å². The van der Waals surface area contributed by atoms with E-state index in [1.807, 2.05) is 0 Å². The van der Waals surface area contributed by atoms with Gasteiger partial charge in [-0.2, -0.15) is 13.1 Å². The summed E-state index contributed by atoms with van der Waals surface area (Å²) in [7, 11) is -2.95. The maximum Gasteiger partial charge on any atom is 0.421 e. The minimum atomic E-state index is -3.99. The maximum atomic E-state index is 11.4. The molecule has 1 aliphatic carbocycles. The van der Waals surface area contributed by atoms with Crippen LogP contribution in [0.3, 0.4) is 0 Å². The Hall–Kier alpha value is -1.35. The Balaban J connectivity index is 2.50. The summed E-state index contributed by atoms with van der Waals surface area (Å²) in [5, 5.41) is 8.75. The zero-order chi connectivity index (χ0) is 13.1. The monoisotopic (exact) mass is 266 g/mol. The van der Waals surface area contributed by atoms with Crippen molar-refractivity contribution in [3.05, 3.63) is 0 Å². The predicted molar refractivity (Wildman–Crippen MR) is 56.4 cm³/mol. The molecule has 0 spiro atoms. The van der Waals surface area contributed by atoms with Crippen LogP contribution in [0.2, 0.25) is 0 Å². The normalized spacial score (nSPS) is 24.3. The second kappa shape index (κ2) is 5.32. The highest BCUT2D eigenvalue weighted by Gasteiger charge is 2.32. The van der Waals surface area contributed by atoms with Gasteiger partial charge in [0.2, 0.25) is 0 Å². The molecule has 2 unspecified atom stereocenters. The minimum absolute atomic E-state index is 0.220. The fourth-order valence-corrected chi connectivity index (χ4v) is 2.73. The van der Waals surface area contributed by atoms with E-state index in [4.69, 9.17) is 5.11 Å². The summed E-state index contributed by atoms with van der Waals surface area (Å²) in [6.07, 6.45) is -0.0257. The first-order chi connectivity index (χ1) is 7.84. The second-order valence-electron chi connectivity index (χ2n) is 3.76.